The molecule has 0 bridgehead atoms. The predicted molar refractivity (Wildman–Crippen MR) is 126 cm³/mol. The second-order valence-corrected chi connectivity index (χ2v) is 10.0. The number of halogens is 4. The van der Waals surface area contributed by atoms with E-state index in [0.717, 1.165) is 13.0 Å². The van der Waals surface area contributed by atoms with Gasteiger partial charge in [0.1, 0.15) is 5.56 Å². The van der Waals surface area contributed by atoms with E-state index in [4.69, 9.17) is 10.5 Å². The molecule has 2 aromatic heterocycles. The quantitative estimate of drug-likeness (QED) is 0.353. The molecule has 9 nitrogen and oxygen atoms in total. The topological polar surface area (TPSA) is 137 Å². The Morgan fingerprint density at radius 3 is 2.51 bits per heavy atom. The fraction of sp³-hybridized carbons (Fsp3) is 0.217. The number of nitrogens with zero attached hydrogens (tertiary/aromatic N) is 3. The summed E-state index contributed by atoms with van der Waals surface area (Å²) in [6, 6.07) is 7.65. The van der Waals surface area contributed by atoms with Crippen molar-refractivity contribution in [3.05, 3.63) is 70.9 Å². The average Bonchev–Trinajstić information content (AvgIpc) is 2.80. The van der Waals surface area contributed by atoms with Crippen LogP contribution in [0.4, 0.5) is 23.2 Å². The lowest BCUT2D eigenvalue weighted by Gasteiger charge is -2.17. The normalized spacial score (nSPS) is 13.0. The zero-order valence-electron chi connectivity index (χ0n) is 19.7. The molecule has 1 aromatic carbocycles. The third kappa shape index (κ3) is 6.46. The van der Waals surface area contributed by atoms with Crippen molar-refractivity contribution in [2.24, 2.45) is 10.1 Å². The number of nitrogens with one attached hydrogen (secondary N) is 1. The number of amides is 2. The van der Waals surface area contributed by atoms with Gasteiger partial charge in [-0.15, -0.1) is 0 Å². The molecule has 3 rings (SSSR count). The number of rotatable bonds is 6. The number of pyridine rings is 2. The minimum absolute atomic E-state index is 0.0268. The van der Waals surface area contributed by atoms with Crippen LogP contribution >= 0.6 is 0 Å². The first kappa shape index (κ1) is 27.7. The smallest absolute Gasteiger partial charge is 0.418 e. The van der Waals surface area contributed by atoms with Crippen molar-refractivity contribution in [3.8, 4) is 11.6 Å². The van der Waals surface area contributed by atoms with Gasteiger partial charge in [-0.2, -0.15) is 21.9 Å². The summed E-state index contributed by atoms with van der Waals surface area (Å²) in [7, 11) is -3.22. The van der Waals surface area contributed by atoms with E-state index in [1.54, 1.807) is 0 Å². The average molecular weight is 540 g/mol. The van der Waals surface area contributed by atoms with E-state index in [1.807, 2.05) is 0 Å². The molecule has 3 N–H and O–H groups in total. The van der Waals surface area contributed by atoms with Crippen LogP contribution in [-0.2, 0) is 20.7 Å². The van der Waals surface area contributed by atoms with Crippen LogP contribution in [0.1, 0.15) is 27.2 Å². The second-order valence-electron chi connectivity index (χ2n) is 7.77. The highest BCUT2D eigenvalue weighted by atomic mass is 32.2. The number of hydrogen-bond acceptors (Lipinski definition) is 7. The summed E-state index contributed by atoms with van der Waals surface area (Å²) < 4.78 is 76.0. The van der Waals surface area contributed by atoms with Gasteiger partial charge in [-0.05, 0) is 49.7 Å². The highest BCUT2D eigenvalue weighted by Crippen LogP contribution is 2.37. The molecule has 14 heteroatoms. The van der Waals surface area contributed by atoms with Gasteiger partial charge in [0.2, 0.25) is 11.8 Å². The third-order valence-corrected chi connectivity index (χ3v) is 6.71. The molecule has 2 amide bonds. The summed E-state index contributed by atoms with van der Waals surface area (Å²) in [5.41, 5.74) is 3.17. The van der Waals surface area contributed by atoms with Gasteiger partial charge in [-0.25, -0.2) is 14.2 Å². The predicted octanol–water partition coefficient (Wildman–Crippen LogP) is 4.24. The highest BCUT2D eigenvalue weighted by molar-refractivity contribution is 7.93. The summed E-state index contributed by atoms with van der Waals surface area (Å²) in [5.74, 6) is -3.11. The summed E-state index contributed by atoms with van der Waals surface area (Å²) >= 11 is 0. The number of ether oxygens (including phenoxy) is 1. The Labute approximate surface area is 209 Å². The van der Waals surface area contributed by atoms with Crippen LogP contribution in [0.3, 0.4) is 0 Å². The largest absolute Gasteiger partial charge is 0.436 e. The Morgan fingerprint density at radius 1 is 1.19 bits per heavy atom. The maximum absolute atomic E-state index is 13.6. The van der Waals surface area contributed by atoms with Gasteiger partial charge in [0.15, 0.2) is 5.75 Å². The summed E-state index contributed by atoms with van der Waals surface area (Å²) in [6.45, 7) is 2.03. The van der Waals surface area contributed by atoms with Crippen LogP contribution in [0.25, 0.3) is 0 Å². The van der Waals surface area contributed by atoms with Gasteiger partial charge in [0, 0.05) is 23.0 Å². The Bertz CT molecular complexity index is 1500. The van der Waals surface area contributed by atoms with Crippen molar-refractivity contribution >= 4 is 27.2 Å². The van der Waals surface area contributed by atoms with E-state index in [0.29, 0.717) is 6.20 Å². The minimum atomic E-state index is -4.82. The number of carbonyl (C=O) groups excluding carboxylic acids is 2. The summed E-state index contributed by atoms with van der Waals surface area (Å²) in [6.07, 6.45) is -3.09. The molecule has 0 unspecified atom stereocenters. The molecule has 0 aliphatic rings. The summed E-state index contributed by atoms with van der Waals surface area (Å²) in [5, 5.41) is 2.43. The zero-order valence-corrected chi connectivity index (χ0v) is 20.5. The molecule has 196 valence electrons. The van der Waals surface area contributed by atoms with Crippen molar-refractivity contribution in [2.75, 3.05) is 18.1 Å². The maximum Gasteiger partial charge on any atom is 0.418 e. The molecule has 1 atom stereocenters. The van der Waals surface area contributed by atoms with E-state index in [9.17, 15) is 31.4 Å². The Hall–Kier alpha value is -3.91. The van der Waals surface area contributed by atoms with E-state index in [1.165, 1.54) is 43.5 Å². The molecule has 2 heterocycles. The van der Waals surface area contributed by atoms with Crippen molar-refractivity contribution in [2.45, 2.75) is 24.9 Å². The molecule has 0 spiro atoms. The molecule has 0 saturated heterocycles. The van der Waals surface area contributed by atoms with Gasteiger partial charge in [-0.3, -0.25) is 9.59 Å². The van der Waals surface area contributed by atoms with Crippen molar-refractivity contribution < 1.29 is 36.1 Å². The molecule has 0 aliphatic heterocycles. The molecule has 0 radical (unpaired) electrons. The maximum atomic E-state index is 13.6. The van der Waals surface area contributed by atoms with Gasteiger partial charge >= 0.3 is 6.18 Å². The molecular weight excluding hydrogens is 518 g/mol. The van der Waals surface area contributed by atoms with Gasteiger partial charge in [-0.1, -0.05) is 6.07 Å². The van der Waals surface area contributed by atoms with Gasteiger partial charge in [0.25, 0.3) is 11.8 Å². The Kier molecular flexibility index (Phi) is 7.93. The lowest BCUT2D eigenvalue weighted by Crippen LogP contribution is -2.19. The number of hydrogen-bond donors (Lipinski definition) is 2. The van der Waals surface area contributed by atoms with E-state index in [2.05, 4.69) is 19.6 Å². The third-order valence-electron chi connectivity index (χ3n) is 5.03. The highest BCUT2D eigenvalue weighted by Gasteiger charge is 2.36. The van der Waals surface area contributed by atoms with E-state index >= 15 is 0 Å². The molecule has 0 fully saturated rings. The number of carbonyl (C=O) groups is 2. The standard InChI is InChI=1S/C23H21F4N5O4S/c1-12-16(23(25,26)27)11-29-22(36-17-7-8-18(24)30-13(17)2)20(12)21(34)31-14-5-4-6-15(9-14)37(3,35)32-19(33)10-28/h4-9,11H,10,28H2,1-3H3,(H,31,34)/t37-/m1/s1. The summed E-state index contributed by atoms with van der Waals surface area (Å²) in [4.78, 5) is 32.1. The molecule has 0 aliphatic carbocycles. The molecule has 3 aromatic rings. The van der Waals surface area contributed by atoms with E-state index < -0.39 is 62.8 Å². The lowest BCUT2D eigenvalue weighted by molar-refractivity contribution is -0.138. The Balaban J connectivity index is 2.06. The van der Waals surface area contributed by atoms with Gasteiger partial charge < -0.3 is 15.8 Å². The van der Waals surface area contributed by atoms with Crippen molar-refractivity contribution in [3.63, 3.8) is 0 Å². The first-order valence-electron chi connectivity index (χ1n) is 10.5. The van der Waals surface area contributed by atoms with Crippen LogP contribution < -0.4 is 15.8 Å². The fourth-order valence-electron chi connectivity index (χ4n) is 3.23. The second kappa shape index (κ2) is 10.6. The number of alkyl halides is 3. The van der Waals surface area contributed by atoms with Gasteiger partial charge in [0.05, 0.1) is 27.5 Å². The first-order chi connectivity index (χ1) is 17.2. The van der Waals surface area contributed by atoms with Crippen LogP contribution in [0.15, 0.2) is 51.9 Å². The number of aromatic nitrogens is 2. The van der Waals surface area contributed by atoms with Crippen LogP contribution in [0.5, 0.6) is 11.6 Å². The number of benzene rings is 1. The number of nitrogens with two attached hydrogens (primary N) is 1. The molecule has 0 saturated carbocycles. The molecule has 37 heavy (non-hydrogen) atoms. The number of anilines is 1. The minimum Gasteiger partial charge on any atom is -0.436 e. The van der Waals surface area contributed by atoms with Crippen LogP contribution in [-0.4, -0.2) is 38.8 Å². The number of aryl methyl sites for hydroxylation is 1. The SMILES string of the molecule is Cc1nc(F)ccc1Oc1ncc(C(F)(F)F)c(C)c1C(=O)Nc1cccc([S@@](C)(=O)=NC(=O)CN)c1. The van der Waals surface area contributed by atoms with Crippen LogP contribution in [0.2, 0.25) is 0 Å². The van der Waals surface area contributed by atoms with Crippen molar-refractivity contribution in [1.82, 2.24) is 9.97 Å². The molecular formula is C23H21F4N5O4S. The first-order valence-corrected chi connectivity index (χ1v) is 12.4. The lowest BCUT2D eigenvalue weighted by atomic mass is 10.0. The zero-order chi connectivity index (χ0) is 27.5. The fourth-order valence-corrected chi connectivity index (χ4v) is 4.47. The van der Waals surface area contributed by atoms with E-state index in [-0.39, 0.29) is 22.0 Å². The van der Waals surface area contributed by atoms with Crippen molar-refractivity contribution in [1.29, 1.82) is 0 Å². The monoisotopic (exact) mass is 539 g/mol. The van der Waals surface area contributed by atoms with Crippen LogP contribution in [0, 0.1) is 19.8 Å². The Morgan fingerprint density at radius 2 is 1.89 bits per heavy atom.